The van der Waals surface area contributed by atoms with E-state index in [1.165, 1.54) is 16.9 Å². The Morgan fingerprint density at radius 3 is 2.64 bits per heavy atom. The smallest absolute Gasteiger partial charge is 0.0228 e. The SMILES string of the molecule is C=CCc1ccc(SNCCC)cc1. The minimum Gasteiger partial charge on any atom is -0.260 e. The van der Waals surface area contributed by atoms with Gasteiger partial charge in [0, 0.05) is 11.4 Å². The number of rotatable bonds is 6. The summed E-state index contributed by atoms with van der Waals surface area (Å²) in [5.74, 6) is 0. The zero-order chi connectivity index (χ0) is 10.2. The van der Waals surface area contributed by atoms with E-state index in [1.54, 1.807) is 11.9 Å². The van der Waals surface area contributed by atoms with Crippen molar-refractivity contribution in [3.8, 4) is 0 Å². The third kappa shape index (κ3) is 3.99. The summed E-state index contributed by atoms with van der Waals surface area (Å²) in [5.41, 5.74) is 1.32. The Hall–Kier alpha value is -0.730. The lowest BCUT2D eigenvalue weighted by molar-refractivity contribution is 0.877. The number of hydrogen-bond donors (Lipinski definition) is 1. The van der Waals surface area contributed by atoms with Gasteiger partial charge in [-0.1, -0.05) is 25.1 Å². The second kappa shape index (κ2) is 6.68. The number of nitrogens with one attached hydrogen (secondary N) is 1. The van der Waals surface area contributed by atoms with Crippen molar-refractivity contribution >= 4 is 11.9 Å². The second-order valence-electron chi connectivity index (χ2n) is 3.13. The second-order valence-corrected chi connectivity index (χ2v) is 4.10. The van der Waals surface area contributed by atoms with Gasteiger partial charge in [-0.15, -0.1) is 6.58 Å². The quantitative estimate of drug-likeness (QED) is 0.436. The van der Waals surface area contributed by atoms with Gasteiger partial charge in [-0.2, -0.15) is 0 Å². The molecule has 0 unspecified atom stereocenters. The van der Waals surface area contributed by atoms with Crippen molar-refractivity contribution in [3.05, 3.63) is 42.5 Å². The number of allylic oxidation sites excluding steroid dienone is 1. The first-order valence-electron chi connectivity index (χ1n) is 4.96. The van der Waals surface area contributed by atoms with Crippen LogP contribution < -0.4 is 4.72 Å². The fraction of sp³-hybridized carbons (Fsp3) is 0.333. The topological polar surface area (TPSA) is 12.0 Å². The summed E-state index contributed by atoms with van der Waals surface area (Å²) in [7, 11) is 0. The first kappa shape index (κ1) is 11.3. The maximum Gasteiger partial charge on any atom is 0.0228 e. The van der Waals surface area contributed by atoms with Gasteiger partial charge in [-0.25, -0.2) is 0 Å². The van der Waals surface area contributed by atoms with Gasteiger partial charge in [0.15, 0.2) is 0 Å². The van der Waals surface area contributed by atoms with Crippen LogP contribution in [0.5, 0.6) is 0 Å². The lowest BCUT2D eigenvalue weighted by Gasteiger charge is -2.03. The molecule has 0 atom stereocenters. The summed E-state index contributed by atoms with van der Waals surface area (Å²) < 4.78 is 3.30. The highest BCUT2D eigenvalue weighted by Crippen LogP contribution is 2.15. The minimum atomic E-state index is 0.952. The Kier molecular flexibility index (Phi) is 5.42. The Labute approximate surface area is 90.7 Å². The van der Waals surface area contributed by atoms with Crippen molar-refractivity contribution in [3.63, 3.8) is 0 Å². The third-order valence-electron chi connectivity index (χ3n) is 1.85. The van der Waals surface area contributed by atoms with Gasteiger partial charge in [0.2, 0.25) is 0 Å². The fourth-order valence-electron chi connectivity index (χ4n) is 1.10. The van der Waals surface area contributed by atoms with Crippen LogP contribution in [0.2, 0.25) is 0 Å². The van der Waals surface area contributed by atoms with E-state index in [2.05, 4.69) is 42.5 Å². The Morgan fingerprint density at radius 1 is 1.36 bits per heavy atom. The van der Waals surface area contributed by atoms with Gasteiger partial charge in [0.05, 0.1) is 0 Å². The molecule has 0 bridgehead atoms. The Morgan fingerprint density at radius 2 is 2.07 bits per heavy atom. The molecule has 14 heavy (non-hydrogen) atoms. The van der Waals surface area contributed by atoms with E-state index in [0.29, 0.717) is 0 Å². The lowest BCUT2D eigenvalue weighted by atomic mass is 10.2. The van der Waals surface area contributed by atoms with Gasteiger partial charge in [-0.3, -0.25) is 4.72 Å². The first-order chi connectivity index (χ1) is 6.86. The summed E-state index contributed by atoms with van der Waals surface area (Å²) >= 11 is 1.70. The molecule has 0 aliphatic heterocycles. The molecule has 1 N–H and O–H groups in total. The van der Waals surface area contributed by atoms with Gasteiger partial charge < -0.3 is 0 Å². The van der Waals surface area contributed by atoms with Crippen LogP contribution in [0.1, 0.15) is 18.9 Å². The molecule has 0 fully saturated rings. The van der Waals surface area contributed by atoms with Crippen LogP contribution in [-0.2, 0) is 6.42 Å². The standard InChI is InChI=1S/C12H17NS/c1-3-5-11-6-8-12(9-7-11)14-13-10-4-2/h3,6-9,13H,1,4-5,10H2,2H3. The third-order valence-corrected chi connectivity index (χ3v) is 2.70. The van der Waals surface area contributed by atoms with Crippen LogP contribution in [-0.4, -0.2) is 6.54 Å². The average Bonchev–Trinajstić information content (AvgIpc) is 2.21. The normalized spacial score (nSPS) is 10.1. The van der Waals surface area contributed by atoms with Crippen molar-refractivity contribution in [1.82, 2.24) is 4.72 Å². The number of hydrogen-bond acceptors (Lipinski definition) is 2. The highest BCUT2D eigenvalue weighted by molar-refractivity contribution is 7.97. The molecule has 0 saturated heterocycles. The average molecular weight is 207 g/mol. The zero-order valence-corrected chi connectivity index (χ0v) is 9.44. The largest absolute Gasteiger partial charge is 0.260 e. The van der Waals surface area contributed by atoms with E-state index in [-0.39, 0.29) is 0 Å². The summed E-state index contributed by atoms with van der Waals surface area (Å²) in [4.78, 5) is 1.27. The molecular weight excluding hydrogens is 190 g/mol. The fourth-order valence-corrected chi connectivity index (χ4v) is 1.84. The van der Waals surface area contributed by atoms with Crippen molar-refractivity contribution in [1.29, 1.82) is 0 Å². The first-order valence-corrected chi connectivity index (χ1v) is 5.78. The van der Waals surface area contributed by atoms with Crippen LogP contribution in [0, 0.1) is 0 Å². The van der Waals surface area contributed by atoms with Gasteiger partial charge in [-0.05, 0) is 42.5 Å². The summed E-state index contributed by atoms with van der Waals surface area (Å²) in [5, 5.41) is 0. The van der Waals surface area contributed by atoms with E-state index in [9.17, 15) is 0 Å². The van der Waals surface area contributed by atoms with Crippen LogP contribution in [0.25, 0.3) is 0 Å². The monoisotopic (exact) mass is 207 g/mol. The van der Waals surface area contributed by atoms with Crippen LogP contribution in [0.3, 0.4) is 0 Å². The molecule has 1 nitrogen and oxygen atoms in total. The maximum atomic E-state index is 3.72. The van der Waals surface area contributed by atoms with E-state index in [1.807, 2.05) is 6.08 Å². The lowest BCUT2D eigenvalue weighted by Crippen LogP contribution is -2.03. The Bertz CT molecular complexity index is 266. The molecule has 1 aromatic rings. The zero-order valence-electron chi connectivity index (χ0n) is 8.62. The van der Waals surface area contributed by atoms with Crippen LogP contribution in [0.4, 0.5) is 0 Å². The molecule has 0 heterocycles. The molecular formula is C12H17NS. The van der Waals surface area contributed by atoms with Gasteiger partial charge in [0.25, 0.3) is 0 Å². The Balaban J connectivity index is 2.42. The summed E-state index contributed by atoms with van der Waals surface area (Å²) in [6, 6.07) is 8.59. The van der Waals surface area contributed by atoms with Crippen molar-refractivity contribution in [2.75, 3.05) is 6.54 Å². The predicted molar refractivity (Wildman–Crippen MR) is 64.5 cm³/mol. The molecule has 0 radical (unpaired) electrons. The van der Waals surface area contributed by atoms with Crippen LogP contribution in [0.15, 0.2) is 41.8 Å². The predicted octanol–water partition coefficient (Wildman–Crippen LogP) is 3.42. The maximum absolute atomic E-state index is 3.72. The van der Waals surface area contributed by atoms with Crippen molar-refractivity contribution < 1.29 is 0 Å². The molecule has 2 heteroatoms. The molecule has 1 aromatic carbocycles. The molecule has 0 saturated carbocycles. The van der Waals surface area contributed by atoms with Crippen LogP contribution >= 0.6 is 11.9 Å². The van der Waals surface area contributed by atoms with E-state index >= 15 is 0 Å². The molecule has 0 aliphatic carbocycles. The molecule has 1 rings (SSSR count). The highest BCUT2D eigenvalue weighted by atomic mass is 32.2. The minimum absolute atomic E-state index is 0.952. The van der Waals surface area contributed by atoms with Gasteiger partial charge >= 0.3 is 0 Å². The van der Waals surface area contributed by atoms with Gasteiger partial charge in [0.1, 0.15) is 0 Å². The van der Waals surface area contributed by atoms with E-state index in [0.717, 1.165) is 13.0 Å². The highest BCUT2D eigenvalue weighted by Gasteiger charge is 1.93. The summed E-state index contributed by atoms with van der Waals surface area (Å²) in [6.07, 6.45) is 4.05. The van der Waals surface area contributed by atoms with E-state index in [4.69, 9.17) is 0 Å². The molecule has 0 aliphatic rings. The van der Waals surface area contributed by atoms with Crippen molar-refractivity contribution in [2.24, 2.45) is 0 Å². The summed E-state index contributed by atoms with van der Waals surface area (Å²) in [6.45, 7) is 6.94. The number of benzene rings is 1. The molecule has 0 spiro atoms. The molecule has 0 aromatic heterocycles. The molecule has 0 amide bonds. The van der Waals surface area contributed by atoms with E-state index < -0.39 is 0 Å². The molecule has 76 valence electrons. The van der Waals surface area contributed by atoms with Crippen molar-refractivity contribution in [2.45, 2.75) is 24.7 Å².